The summed E-state index contributed by atoms with van der Waals surface area (Å²) in [6.07, 6.45) is 0. The van der Waals surface area contributed by atoms with Gasteiger partial charge in [-0.3, -0.25) is 4.79 Å². The van der Waals surface area contributed by atoms with E-state index in [1.165, 1.54) is 12.1 Å². The van der Waals surface area contributed by atoms with Gasteiger partial charge >= 0.3 is 0 Å². The van der Waals surface area contributed by atoms with Crippen molar-refractivity contribution >= 4 is 40.7 Å². The molecule has 0 aliphatic heterocycles. The number of rotatable bonds is 3. The van der Waals surface area contributed by atoms with E-state index in [1.807, 2.05) is 0 Å². The van der Waals surface area contributed by atoms with E-state index >= 15 is 0 Å². The number of benzene rings is 1. The molecule has 0 fully saturated rings. The van der Waals surface area contributed by atoms with Gasteiger partial charge in [0.05, 0.1) is 16.1 Å². The van der Waals surface area contributed by atoms with Gasteiger partial charge < -0.3 is 5.32 Å². The second kappa shape index (κ2) is 6.06. The van der Waals surface area contributed by atoms with Crippen molar-refractivity contribution in [1.82, 2.24) is 5.32 Å². The number of nitrogens with one attached hydrogen (secondary N) is 1. The summed E-state index contributed by atoms with van der Waals surface area (Å²) in [5.74, 6) is -1.10. The van der Waals surface area contributed by atoms with E-state index in [4.69, 9.17) is 40.1 Å². The molecule has 3 nitrogen and oxygen atoms in total. The van der Waals surface area contributed by atoms with Crippen LogP contribution in [0.3, 0.4) is 0 Å². The van der Waals surface area contributed by atoms with Gasteiger partial charge in [-0.2, -0.15) is 5.26 Å². The third-order valence-corrected chi connectivity index (χ3v) is 2.94. The molecule has 7 heteroatoms. The average molecular weight is 296 g/mol. The summed E-state index contributed by atoms with van der Waals surface area (Å²) in [5, 5.41) is 11.4. The quantitative estimate of drug-likeness (QED) is 0.871. The van der Waals surface area contributed by atoms with Crippen LogP contribution in [0, 0.1) is 11.3 Å². The molecule has 2 atom stereocenters. The number of nitrogens with zero attached hydrogens (tertiary/aromatic N) is 1. The van der Waals surface area contributed by atoms with Gasteiger partial charge in [0.1, 0.15) is 6.04 Å². The lowest BCUT2D eigenvalue weighted by Gasteiger charge is -2.13. The maximum Gasteiger partial charge on any atom is 0.271 e. The van der Waals surface area contributed by atoms with Crippen LogP contribution in [0.15, 0.2) is 18.2 Å². The van der Waals surface area contributed by atoms with Crippen LogP contribution in [-0.2, 0) is 4.79 Å². The predicted octanol–water partition coefficient (Wildman–Crippen LogP) is 3.21. The Hall–Kier alpha value is -1.02. The van der Waals surface area contributed by atoms with Crippen LogP contribution in [0.4, 0.5) is 4.39 Å². The highest BCUT2D eigenvalue weighted by Crippen LogP contribution is 2.29. The lowest BCUT2D eigenvalue weighted by molar-refractivity contribution is -0.123. The van der Waals surface area contributed by atoms with Crippen molar-refractivity contribution in [3.8, 4) is 6.07 Å². The molecule has 1 N–H and O–H groups in total. The molecule has 0 aliphatic rings. The molecule has 0 saturated carbocycles. The van der Waals surface area contributed by atoms with Gasteiger partial charge in [0, 0.05) is 5.56 Å². The first kappa shape index (κ1) is 14.0. The number of alkyl halides is 2. The molecule has 1 aromatic rings. The third-order valence-electron chi connectivity index (χ3n) is 1.91. The molecule has 1 amide bonds. The minimum atomic E-state index is -2.22. The lowest BCUT2D eigenvalue weighted by atomic mass is 10.1. The summed E-state index contributed by atoms with van der Waals surface area (Å²) >= 11 is 16.6. The number of nitriles is 1. The van der Waals surface area contributed by atoms with Crippen LogP contribution in [0.1, 0.15) is 11.6 Å². The van der Waals surface area contributed by atoms with Gasteiger partial charge in [0.25, 0.3) is 11.5 Å². The zero-order chi connectivity index (χ0) is 13.0. The van der Waals surface area contributed by atoms with Gasteiger partial charge in [-0.15, -0.1) is 0 Å². The summed E-state index contributed by atoms with van der Waals surface area (Å²) in [5.41, 5.74) is -1.93. The summed E-state index contributed by atoms with van der Waals surface area (Å²) < 4.78 is 12.5. The van der Waals surface area contributed by atoms with Crippen molar-refractivity contribution < 1.29 is 9.18 Å². The topological polar surface area (TPSA) is 52.9 Å². The van der Waals surface area contributed by atoms with E-state index in [9.17, 15) is 9.18 Å². The minimum absolute atomic E-state index is 0.131. The number of halogens is 4. The molecular formula is C10H6Cl3FN2O. The van der Waals surface area contributed by atoms with E-state index in [1.54, 1.807) is 12.1 Å². The summed E-state index contributed by atoms with van der Waals surface area (Å²) in [6, 6.07) is 5.26. The van der Waals surface area contributed by atoms with E-state index in [0.29, 0.717) is 0 Å². The predicted molar refractivity (Wildman–Crippen MR) is 63.7 cm³/mol. The van der Waals surface area contributed by atoms with E-state index in [0.717, 1.165) is 0 Å². The first-order valence-corrected chi connectivity index (χ1v) is 5.58. The highest BCUT2D eigenvalue weighted by Gasteiger charge is 2.21. The molecule has 0 aromatic heterocycles. The van der Waals surface area contributed by atoms with Crippen molar-refractivity contribution in [3.05, 3.63) is 33.8 Å². The maximum atomic E-state index is 12.5. The zero-order valence-electron chi connectivity index (χ0n) is 8.25. The monoisotopic (exact) mass is 294 g/mol. The molecule has 0 bridgehead atoms. The Bertz CT molecular complexity index is 473. The summed E-state index contributed by atoms with van der Waals surface area (Å²) in [7, 11) is 0. The highest BCUT2D eigenvalue weighted by atomic mass is 35.5. The fourth-order valence-electron chi connectivity index (χ4n) is 1.13. The Labute approximate surface area is 112 Å². The second-order valence-electron chi connectivity index (χ2n) is 3.01. The van der Waals surface area contributed by atoms with Crippen LogP contribution in [-0.4, -0.2) is 11.5 Å². The Morgan fingerprint density at radius 2 is 2.12 bits per heavy atom. The molecular weight excluding hydrogens is 289 g/mol. The summed E-state index contributed by atoms with van der Waals surface area (Å²) in [6.45, 7) is 0. The van der Waals surface area contributed by atoms with Crippen molar-refractivity contribution in [2.75, 3.05) is 0 Å². The fraction of sp³-hybridized carbons (Fsp3) is 0.200. The highest BCUT2D eigenvalue weighted by molar-refractivity contribution is 6.42. The molecule has 0 saturated heterocycles. The van der Waals surface area contributed by atoms with Gasteiger partial charge in [-0.05, 0) is 6.07 Å². The fourth-order valence-corrected chi connectivity index (χ4v) is 1.61. The van der Waals surface area contributed by atoms with Crippen LogP contribution < -0.4 is 5.32 Å². The Kier molecular flexibility index (Phi) is 5.01. The molecule has 1 rings (SSSR count). The van der Waals surface area contributed by atoms with Gasteiger partial charge in [0.15, 0.2) is 0 Å². The molecule has 2 unspecified atom stereocenters. The van der Waals surface area contributed by atoms with Gasteiger partial charge in [-0.1, -0.05) is 46.9 Å². The molecule has 0 aliphatic carbocycles. The zero-order valence-corrected chi connectivity index (χ0v) is 10.5. The SMILES string of the molecule is N#CC(NC(=O)C(F)Cl)c1cccc(Cl)c1Cl. The smallest absolute Gasteiger partial charge is 0.271 e. The maximum absolute atomic E-state index is 12.5. The molecule has 0 heterocycles. The minimum Gasteiger partial charge on any atom is -0.333 e. The Morgan fingerprint density at radius 1 is 1.47 bits per heavy atom. The van der Waals surface area contributed by atoms with Gasteiger partial charge in [-0.25, -0.2) is 4.39 Å². The van der Waals surface area contributed by atoms with Crippen molar-refractivity contribution in [2.45, 2.75) is 11.7 Å². The van der Waals surface area contributed by atoms with Gasteiger partial charge in [0.2, 0.25) is 0 Å². The normalized spacial score (nSPS) is 13.6. The lowest BCUT2D eigenvalue weighted by Crippen LogP contribution is -2.32. The molecule has 17 heavy (non-hydrogen) atoms. The number of amides is 1. The largest absolute Gasteiger partial charge is 0.333 e. The molecule has 90 valence electrons. The van der Waals surface area contributed by atoms with E-state index in [2.05, 4.69) is 5.32 Å². The van der Waals surface area contributed by atoms with Crippen molar-refractivity contribution in [3.63, 3.8) is 0 Å². The Morgan fingerprint density at radius 3 is 2.65 bits per heavy atom. The molecule has 1 aromatic carbocycles. The molecule has 0 radical (unpaired) electrons. The standard InChI is InChI=1S/C10H6Cl3FN2O/c11-6-3-1-2-5(8(6)12)7(4-15)16-10(17)9(13)14/h1-3,7,9H,(H,16,17). The van der Waals surface area contributed by atoms with Crippen LogP contribution in [0.2, 0.25) is 10.0 Å². The number of carbonyl (C=O) groups excluding carboxylic acids is 1. The third kappa shape index (κ3) is 3.47. The average Bonchev–Trinajstić information content (AvgIpc) is 2.29. The number of hydrogen-bond donors (Lipinski definition) is 1. The first-order valence-electron chi connectivity index (χ1n) is 4.39. The number of carbonyl (C=O) groups is 1. The van der Waals surface area contributed by atoms with Crippen LogP contribution in [0.5, 0.6) is 0 Å². The van der Waals surface area contributed by atoms with E-state index < -0.39 is 17.6 Å². The van der Waals surface area contributed by atoms with Crippen molar-refractivity contribution in [1.29, 1.82) is 5.26 Å². The van der Waals surface area contributed by atoms with E-state index in [-0.39, 0.29) is 15.6 Å². The van der Waals surface area contributed by atoms with Crippen LogP contribution in [0.25, 0.3) is 0 Å². The Balaban J connectivity index is 3.00. The number of hydrogen-bond acceptors (Lipinski definition) is 2. The summed E-state index contributed by atoms with van der Waals surface area (Å²) in [4.78, 5) is 11.0. The molecule has 0 spiro atoms. The second-order valence-corrected chi connectivity index (χ2v) is 4.18. The first-order chi connectivity index (χ1) is 7.97. The van der Waals surface area contributed by atoms with Crippen molar-refractivity contribution in [2.24, 2.45) is 0 Å². The van der Waals surface area contributed by atoms with Crippen LogP contribution >= 0.6 is 34.8 Å².